The van der Waals surface area contributed by atoms with E-state index in [1.165, 1.54) is 0 Å². The van der Waals surface area contributed by atoms with Gasteiger partial charge in [0, 0.05) is 31.3 Å². The van der Waals surface area contributed by atoms with Crippen molar-refractivity contribution in [1.82, 2.24) is 14.7 Å². The quantitative estimate of drug-likeness (QED) is 0.817. The summed E-state index contributed by atoms with van der Waals surface area (Å²) in [5.74, 6) is 0.451. The molecule has 2 rings (SSSR count). The van der Waals surface area contributed by atoms with Crippen molar-refractivity contribution in [2.75, 3.05) is 19.6 Å². The average Bonchev–Trinajstić information content (AvgIpc) is 3.09. The highest BCUT2D eigenvalue weighted by molar-refractivity contribution is 6.31. The number of carbonyl (C=O) groups excluding carboxylic acids is 1. The SMILES string of the molecule is CCCCn1nc(C)c(C=CC(=O)N2CCC(CN)C2)c1Cl. The van der Waals surface area contributed by atoms with E-state index in [-0.39, 0.29) is 5.91 Å². The molecule has 1 amide bonds. The molecular weight excluding hydrogens is 300 g/mol. The fraction of sp³-hybridized carbons (Fsp3) is 0.625. The number of aryl methyl sites for hydroxylation is 2. The van der Waals surface area contributed by atoms with Gasteiger partial charge in [0.05, 0.1) is 5.69 Å². The molecule has 0 aliphatic carbocycles. The minimum absolute atomic E-state index is 0.0210. The lowest BCUT2D eigenvalue weighted by Crippen LogP contribution is -2.28. The summed E-state index contributed by atoms with van der Waals surface area (Å²) in [6.45, 7) is 7.04. The van der Waals surface area contributed by atoms with Gasteiger partial charge >= 0.3 is 0 Å². The summed E-state index contributed by atoms with van der Waals surface area (Å²) in [6, 6.07) is 0. The molecule has 0 radical (unpaired) electrons. The topological polar surface area (TPSA) is 64.2 Å². The van der Waals surface area contributed by atoms with Gasteiger partial charge in [-0.05, 0) is 38.3 Å². The van der Waals surface area contributed by atoms with Gasteiger partial charge in [-0.1, -0.05) is 24.9 Å². The van der Waals surface area contributed by atoms with Crippen LogP contribution in [0, 0.1) is 12.8 Å². The molecular formula is C16H25ClN4O. The number of hydrogen-bond donors (Lipinski definition) is 1. The van der Waals surface area contributed by atoms with Crippen LogP contribution in [0.15, 0.2) is 6.08 Å². The van der Waals surface area contributed by atoms with E-state index >= 15 is 0 Å². The maximum atomic E-state index is 12.2. The first-order valence-corrected chi connectivity index (χ1v) is 8.34. The van der Waals surface area contributed by atoms with Crippen molar-refractivity contribution in [3.8, 4) is 0 Å². The van der Waals surface area contributed by atoms with Gasteiger partial charge in [-0.15, -0.1) is 0 Å². The zero-order valence-corrected chi connectivity index (χ0v) is 14.1. The summed E-state index contributed by atoms with van der Waals surface area (Å²) in [5.41, 5.74) is 7.35. The molecule has 5 nitrogen and oxygen atoms in total. The summed E-state index contributed by atoms with van der Waals surface area (Å²) in [5, 5.41) is 5.05. The third-order valence-electron chi connectivity index (χ3n) is 4.16. The van der Waals surface area contributed by atoms with Gasteiger partial charge in [0.2, 0.25) is 5.91 Å². The van der Waals surface area contributed by atoms with Crippen LogP contribution in [0.25, 0.3) is 6.08 Å². The van der Waals surface area contributed by atoms with Crippen molar-refractivity contribution in [2.24, 2.45) is 11.7 Å². The lowest BCUT2D eigenvalue weighted by molar-refractivity contribution is -0.125. The molecule has 1 aromatic heterocycles. The number of nitrogens with two attached hydrogens (primary N) is 1. The molecule has 2 N–H and O–H groups in total. The summed E-state index contributed by atoms with van der Waals surface area (Å²) >= 11 is 6.36. The molecule has 1 unspecified atom stereocenters. The smallest absolute Gasteiger partial charge is 0.246 e. The van der Waals surface area contributed by atoms with E-state index in [0.29, 0.717) is 17.6 Å². The maximum absolute atomic E-state index is 12.2. The van der Waals surface area contributed by atoms with Crippen LogP contribution in [0.1, 0.15) is 37.4 Å². The summed E-state index contributed by atoms with van der Waals surface area (Å²) in [4.78, 5) is 14.1. The van der Waals surface area contributed by atoms with Gasteiger partial charge < -0.3 is 10.6 Å². The molecule has 2 heterocycles. The normalized spacial score (nSPS) is 18.5. The number of carbonyl (C=O) groups is 1. The summed E-state index contributed by atoms with van der Waals surface area (Å²) in [7, 11) is 0. The highest BCUT2D eigenvalue weighted by Gasteiger charge is 2.23. The Morgan fingerprint density at radius 1 is 1.55 bits per heavy atom. The van der Waals surface area contributed by atoms with Crippen molar-refractivity contribution in [1.29, 1.82) is 0 Å². The van der Waals surface area contributed by atoms with Gasteiger partial charge in [0.1, 0.15) is 5.15 Å². The summed E-state index contributed by atoms with van der Waals surface area (Å²) < 4.78 is 1.81. The van der Waals surface area contributed by atoms with E-state index in [0.717, 1.165) is 50.2 Å². The number of nitrogens with zero attached hydrogens (tertiary/aromatic N) is 3. The first-order valence-electron chi connectivity index (χ1n) is 7.96. The first kappa shape index (κ1) is 17.0. The van der Waals surface area contributed by atoms with Gasteiger partial charge in [0.15, 0.2) is 0 Å². The fourth-order valence-electron chi connectivity index (χ4n) is 2.70. The number of unbranched alkanes of at least 4 members (excludes halogenated alkanes) is 1. The molecule has 0 saturated carbocycles. The molecule has 1 saturated heterocycles. The lowest BCUT2D eigenvalue weighted by atomic mass is 10.1. The Morgan fingerprint density at radius 3 is 2.95 bits per heavy atom. The van der Waals surface area contributed by atoms with Crippen LogP contribution in [0.4, 0.5) is 0 Å². The van der Waals surface area contributed by atoms with Crippen LogP contribution >= 0.6 is 11.6 Å². The van der Waals surface area contributed by atoms with Crippen LogP contribution in [0.5, 0.6) is 0 Å². The molecule has 6 heteroatoms. The van der Waals surface area contributed by atoms with Crippen molar-refractivity contribution in [3.05, 3.63) is 22.5 Å². The number of amides is 1. The average molecular weight is 325 g/mol. The predicted octanol–water partition coefficient (Wildman–Crippen LogP) is 2.47. The number of aromatic nitrogens is 2. The lowest BCUT2D eigenvalue weighted by Gasteiger charge is -2.13. The van der Waals surface area contributed by atoms with E-state index < -0.39 is 0 Å². The number of hydrogen-bond acceptors (Lipinski definition) is 3. The monoisotopic (exact) mass is 324 g/mol. The second-order valence-corrected chi connectivity index (χ2v) is 6.23. The second-order valence-electron chi connectivity index (χ2n) is 5.87. The molecule has 1 aliphatic heterocycles. The second kappa shape index (κ2) is 7.79. The molecule has 0 bridgehead atoms. The molecule has 0 spiro atoms. The van der Waals surface area contributed by atoms with Crippen molar-refractivity contribution in [3.63, 3.8) is 0 Å². The van der Waals surface area contributed by atoms with Gasteiger partial charge in [0.25, 0.3) is 0 Å². The molecule has 0 aromatic carbocycles. The van der Waals surface area contributed by atoms with Crippen molar-refractivity contribution >= 4 is 23.6 Å². The Balaban J connectivity index is 2.03. The predicted molar refractivity (Wildman–Crippen MR) is 89.7 cm³/mol. The van der Waals surface area contributed by atoms with E-state index in [9.17, 15) is 4.79 Å². The Bertz CT molecular complexity index is 553. The Kier molecular flexibility index (Phi) is 6.03. The number of halogens is 1. The molecule has 1 fully saturated rings. The minimum Gasteiger partial charge on any atom is -0.339 e. The Labute approximate surface area is 137 Å². The Hall–Kier alpha value is -1.33. The molecule has 1 aromatic rings. The van der Waals surface area contributed by atoms with E-state index in [1.54, 1.807) is 12.2 Å². The van der Waals surface area contributed by atoms with E-state index in [1.807, 2.05) is 16.5 Å². The zero-order valence-electron chi connectivity index (χ0n) is 13.4. The Morgan fingerprint density at radius 2 is 2.32 bits per heavy atom. The standard InChI is InChI=1S/C16H25ClN4O/c1-3-4-8-21-16(17)14(12(2)19-21)5-6-15(22)20-9-7-13(10-18)11-20/h5-6,13H,3-4,7-11,18H2,1-2H3. The van der Waals surface area contributed by atoms with Gasteiger partial charge in [-0.2, -0.15) is 5.10 Å². The van der Waals surface area contributed by atoms with Crippen LogP contribution in [0.2, 0.25) is 5.15 Å². The van der Waals surface area contributed by atoms with Gasteiger partial charge in [-0.3, -0.25) is 9.48 Å². The van der Waals surface area contributed by atoms with E-state index in [4.69, 9.17) is 17.3 Å². The van der Waals surface area contributed by atoms with Crippen molar-refractivity contribution < 1.29 is 4.79 Å². The van der Waals surface area contributed by atoms with Crippen LogP contribution < -0.4 is 5.73 Å². The highest BCUT2D eigenvalue weighted by Crippen LogP contribution is 2.22. The van der Waals surface area contributed by atoms with E-state index in [2.05, 4.69) is 12.0 Å². The number of rotatable bonds is 6. The van der Waals surface area contributed by atoms with Crippen LogP contribution in [-0.2, 0) is 11.3 Å². The minimum atomic E-state index is 0.0210. The molecule has 22 heavy (non-hydrogen) atoms. The maximum Gasteiger partial charge on any atom is 0.246 e. The fourth-order valence-corrected chi connectivity index (χ4v) is 3.02. The van der Waals surface area contributed by atoms with Crippen molar-refractivity contribution in [2.45, 2.75) is 39.7 Å². The number of likely N-dealkylation sites (tertiary alicyclic amines) is 1. The third-order valence-corrected chi connectivity index (χ3v) is 4.55. The van der Waals surface area contributed by atoms with Gasteiger partial charge in [-0.25, -0.2) is 0 Å². The zero-order chi connectivity index (χ0) is 16.1. The van der Waals surface area contributed by atoms with Crippen LogP contribution in [0.3, 0.4) is 0 Å². The summed E-state index contributed by atoms with van der Waals surface area (Å²) in [6.07, 6.45) is 6.50. The molecule has 122 valence electrons. The molecule has 1 atom stereocenters. The molecule has 1 aliphatic rings. The first-order chi connectivity index (χ1) is 10.6. The third kappa shape index (κ3) is 3.90. The van der Waals surface area contributed by atoms with Crippen LogP contribution in [-0.4, -0.2) is 40.2 Å². The highest BCUT2D eigenvalue weighted by atomic mass is 35.5. The largest absolute Gasteiger partial charge is 0.339 e.